The predicted octanol–water partition coefficient (Wildman–Crippen LogP) is 1.74. The minimum absolute atomic E-state index is 0.0214. The largest absolute Gasteiger partial charge is 0.477 e. The van der Waals surface area contributed by atoms with E-state index in [1.54, 1.807) is 4.57 Å². The van der Waals surface area contributed by atoms with Gasteiger partial charge in [0.25, 0.3) is 0 Å². The third-order valence-corrected chi connectivity index (χ3v) is 6.49. The van der Waals surface area contributed by atoms with Gasteiger partial charge in [-0.3, -0.25) is 4.79 Å². The third kappa shape index (κ3) is 2.32. The number of anilines is 1. The molecule has 2 aromatic heterocycles. The van der Waals surface area contributed by atoms with Crippen LogP contribution in [-0.2, 0) is 0 Å². The second-order valence-electron chi connectivity index (χ2n) is 8.49. The Morgan fingerprint density at radius 2 is 2.19 bits per heavy atom. The number of hydrogen-bond acceptors (Lipinski definition) is 5. The highest BCUT2D eigenvalue weighted by Crippen LogP contribution is 2.51. The van der Waals surface area contributed by atoms with E-state index in [2.05, 4.69) is 11.9 Å². The van der Waals surface area contributed by atoms with Crippen molar-refractivity contribution in [3.8, 4) is 0 Å². The van der Waals surface area contributed by atoms with E-state index >= 15 is 0 Å². The summed E-state index contributed by atoms with van der Waals surface area (Å²) < 4.78 is 16.6. The van der Waals surface area contributed by atoms with Crippen LogP contribution < -0.4 is 16.1 Å². The number of pyridine rings is 2. The average Bonchev–Trinajstić information content (AvgIpc) is 3.39. The van der Waals surface area contributed by atoms with E-state index in [4.69, 9.17) is 5.73 Å². The molecule has 142 valence electrons. The zero-order valence-corrected chi connectivity index (χ0v) is 15.0. The van der Waals surface area contributed by atoms with Gasteiger partial charge in [-0.15, -0.1) is 0 Å². The first-order chi connectivity index (χ1) is 12.8. The van der Waals surface area contributed by atoms with Gasteiger partial charge in [0.2, 0.25) is 5.43 Å². The summed E-state index contributed by atoms with van der Waals surface area (Å²) in [6, 6.07) is 1.39. The van der Waals surface area contributed by atoms with Gasteiger partial charge in [0, 0.05) is 31.4 Å². The van der Waals surface area contributed by atoms with Crippen LogP contribution in [0.25, 0.3) is 11.0 Å². The van der Waals surface area contributed by atoms with Gasteiger partial charge in [0.05, 0.1) is 5.39 Å². The Labute approximate surface area is 154 Å². The van der Waals surface area contributed by atoms with Crippen LogP contribution in [0.15, 0.2) is 17.1 Å². The van der Waals surface area contributed by atoms with Gasteiger partial charge >= 0.3 is 5.97 Å². The number of carboxylic acids is 1. The van der Waals surface area contributed by atoms with Crippen LogP contribution in [0.2, 0.25) is 0 Å². The highest BCUT2D eigenvalue weighted by molar-refractivity contribution is 5.92. The van der Waals surface area contributed by atoms with Crippen molar-refractivity contribution in [1.29, 1.82) is 0 Å². The standard InChI is InChI=1S/C19H21FN4O3/c1-19-5-14(21)12(19)7-23(8-19)17-13(20)4-10-15(25)11(18(26)27)6-24(9-2-3-9)16(10)22-17/h4,6,9,12,14H,2-3,5,7-8,21H2,1H3,(H,26,27)/t12-,14+,19+/m0/s1. The van der Waals surface area contributed by atoms with Gasteiger partial charge in [0.1, 0.15) is 11.2 Å². The molecule has 3 atom stereocenters. The molecule has 8 heteroatoms. The molecule has 7 nitrogen and oxygen atoms in total. The number of carboxylic acid groups (broad SMARTS) is 1. The molecule has 1 aliphatic heterocycles. The van der Waals surface area contributed by atoms with Crippen LogP contribution in [0.3, 0.4) is 0 Å². The number of nitrogens with zero attached hydrogens (tertiary/aromatic N) is 3. The van der Waals surface area contributed by atoms with Gasteiger partial charge in [-0.1, -0.05) is 6.92 Å². The number of halogens is 1. The molecule has 3 N–H and O–H groups in total. The summed E-state index contributed by atoms with van der Waals surface area (Å²) in [5.41, 5.74) is 5.51. The molecule has 2 aromatic rings. The van der Waals surface area contributed by atoms with Crippen LogP contribution in [-0.4, -0.2) is 39.8 Å². The van der Waals surface area contributed by atoms with Crippen molar-refractivity contribution in [2.24, 2.45) is 17.1 Å². The molecule has 2 aliphatic carbocycles. The molecule has 0 aromatic carbocycles. The summed E-state index contributed by atoms with van der Waals surface area (Å²) in [4.78, 5) is 30.4. The van der Waals surface area contributed by atoms with Crippen molar-refractivity contribution in [2.45, 2.75) is 38.3 Å². The van der Waals surface area contributed by atoms with E-state index in [9.17, 15) is 19.1 Å². The van der Waals surface area contributed by atoms with E-state index < -0.39 is 17.2 Å². The lowest BCUT2D eigenvalue weighted by atomic mass is 9.60. The molecular formula is C19H21FN4O3. The Morgan fingerprint density at radius 3 is 2.78 bits per heavy atom. The van der Waals surface area contributed by atoms with E-state index in [-0.39, 0.29) is 34.3 Å². The second kappa shape index (κ2) is 5.28. The lowest BCUT2D eigenvalue weighted by Crippen LogP contribution is -2.53. The first-order valence-electron chi connectivity index (χ1n) is 9.28. The average molecular weight is 372 g/mol. The summed E-state index contributed by atoms with van der Waals surface area (Å²) in [5, 5.41) is 9.34. The number of aromatic nitrogens is 2. The zero-order chi connectivity index (χ0) is 19.1. The quantitative estimate of drug-likeness (QED) is 0.851. The number of rotatable bonds is 3. The van der Waals surface area contributed by atoms with Gasteiger partial charge in [-0.25, -0.2) is 14.2 Å². The fraction of sp³-hybridized carbons (Fsp3) is 0.526. The van der Waals surface area contributed by atoms with Crippen molar-refractivity contribution < 1.29 is 14.3 Å². The highest BCUT2D eigenvalue weighted by Gasteiger charge is 2.55. The molecule has 0 amide bonds. The van der Waals surface area contributed by atoms with Crippen LogP contribution in [0, 0.1) is 17.2 Å². The molecule has 2 saturated carbocycles. The lowest BCUT2D eigenvalue weighted by Gasteiger charge is -2.46. The predicted molar refractivity (Wildman–Crippen MR) is 97.6 cm³/mol. The zero-order valence-electron chi connectivity index (χ0n) is 15.0. The van der Waals surface area contributed by atoms with Gasteiger partial charge < -0.3 is 20.3 Å². The van der Waals surface area contributed by atoms with E-state index in [1.807, 2.05) is 4.90 Å². The van der Waals surface area contributed by atoms with Gasteiger partial charge in [-0.2, -0.15) is 0 Å². The van der Waals surface area contributed by atoms with E-state index in [0.717, 1.165) is 25.3 Å². The number of hydrogen-bond donors (Lipinski definition) is 2. The van der Waals surface area contributed by atoms with Crippen LogP contribution in [0.1, 0.15) is 42.6 Å². The fourth-order valence-corrected chi connectivity index (χ4v) is 4.87. The summed E-state index contributed by atoms with van der Waals surface area (Å²) >= 11 is 0. The summed E-state index contributed by atoms with van der Waals surface area (Å²) in [6.45, 7) is 3.49. The van der Waals surface area contributed by atoms with Crippen LogP contribution >= 0.6 is 0 Å². The van der Waals surface area contributed by atoms with Gasteiger partial charge in [0.15, 0.2) is 11.6 Å². The summed E-state index contributed by atoms with van der Waals surface area (Å²) in [5.74, 6) is -1.36. The number of aromatic carboxylic acids is 1. The summed E-state index contributed by atoms with van der Waals surface area (Å²) in [6.07, 6.45) is 4.05. The molecule has 27 heavy (non-hydrogen) atoms. The molecule has 3 aliphatic rings. The Kier molecular flexibility index (Phi) is 3.26. The third-order valence-electron chi connectivity index (χ3n) is 6.49. The molecule has 0 spiro atoms. The maximum absolute atomic E-state index is 14.9. The first kappa shape index (κ1) is 16.7. The Morgan fingerprint density at radius 1 is 1.44 bits per heavy atom. The molecule has 3 fully saturated rings. The second-order valence-corrected chi connectivity index (χ2v) is 8.49. The highest BCUT2D eigenvalue weighted by atomic mass is 19.1. The van der Waals surface area contributed by atoms with Crippen LogP contribution in [0.5, 0.6) is 0 Å². The summed E-state index contributed by atoms with van der Waals surface area (Å²) in [7, 11) is 0. The fourth-order valence-electron chi connectivity index (χ4n) is 4.87. The minimum Gasteiger partial charge on any atom is -0.477 e. The smallest absolute Gasteiger partial charge is 0.341 e. The minimum atomic E-state index is -1.31. The molecule has 0 radical (unpaired) electrons. The number of carbonyl (C=O) groups is 1. The lowest BCUT2D eigenvalue weighted by molar-refractivity contribution is 0.0694. The molecular weight excluding hydrogens is 351 g/mol. The Hall–Kier alpha value is -2.48. The number of nitrogens with two attached hydrogens (primary N) is 1. The molecule has 0 unspecified atom stereocenters. The van der Waals surface area contributed by atoms with Crippen molar-refractivity contribution in [1.82, 2.24) is 9.55 Å². The van der Waals surface area contributed by atoms with Crippen molar-refractivity contribution in [3.63, 3.8) is 0 Å². The van der Waals surface area contributed by atoms with Crippen molar-refractivity contribution >= 4 is 22.8 Å². The number of fused-ring (bicyclic) bond motifs is 2. The molecule has 5 rings (SSSR count). The maximum atomic E-state index is 14.9. The van der Waals surface area contributed by atoms with Crippen molar-refractivity contribution in [2.75, 3.05) is 18.0 Å². The monoisotopic (exact) mass is 372 g/mol. The van der Waals surface area contributed by atoms with Crippen molar-refractivity contribution in [3.05, 3.63) is 33.9 Å². The SMILES string of the molecule is C[C@]12C[C@@H](N)[C@@H]1CN(c1nc3c(cc1F)c(=O)c(C(=O)O)cn3C1CC1)C2. The molecule has 0 bridgehead atoms. The topological polar surface area (TPSA) is 101 Å². The molecule has 3 heterocycles. The van der Waals surface area contributed by atoms with Gasteiger partial charge in [-0.05, 0) is 36.7 Å². The Bertz CT molecular complexity index is 1050. The normalized spacial score (nSPS) is 29.7. The maximum Gasteiger partial charge on any atom is 0.341 e. The first-order valence-corrected chi connectivity index (χ1v) is 9.28. The van der Waals surface area contributed by atoms with Crippen LogP contribution in [0.4, 0.5) is 10.2 Å². The Balaban J connectivity index is 1.67. The molecule has 1 saturated heterocycles. The van der Waals surface area contributed by atoms with E-state index in [1.165, 1.54) is 6.20 Å². The van der Waals surface area contributed by atoms with E-state index in [0.29, 0.717) is 24.7 Å².